The van der Waals surface area contributed by atoms with E-state index < -0.39 is 11.6 Å². The number of fused-ring (bicyclic) bond motifs is 2. The molecular formula is C22H20F2N4. The van der Waals surface area contributed by atoms with Crippen molar-refractivity contribution in [1.29, 1.82) is 0 Å². The molecule has 5 rings (SSSR count). The lowest BCUT2D eigenvalue weighted by molar-refractivity contribution is 0.452. The Bertz CT molecular complexity index is 1090. The van der Waals surface area contributed by atoms with Crippen LogP contribution in [0.25, 0.3) is 16.6 Å². The predicted molar refractivity (Wildman–Crippen MR) is 104 cm³/mol. The van der Waals surface area contributed by atoms with Gasteiger partial charge >= 0.3 is 0 Å². The maximum absolute atomic E-state index is 13.6. The summed E-state index contributed by atoms with van der Waals surface area (Å²) in [6, 6.07) is 14.1. The molecule has 0 unspecified atom stereocenters. The first kappa shape index (κ1) is 17.1. The normalized spacial score (nSPS) is 16.4. The second kappa shape index (κ2) is 6.87. The third kappa shape index (κ3) is 3.10. The van der Waals surface area contributed by atoms with E-state index >= 15 is 0 Å². The molecule has 4 aromatic rings. The van der Waals surface area contributed by atoms with Crippen molar-refractivity contribution >= 4 is 10.9 Å². The van der Waals surface area contributed by atoms with E-state index in [1.54, 1.807) is 4.68 Å². The van der Waals surface area contributed by atoms with Crippen molar-refractivity contribution < 1.29 is 8.78 Å². The first-order valence-electron chi connectivity index (χ1n) is 9.51. The summed E-state index contributed by atoms with van der Waals surface area (Å²) in [5.41, 5.74) is 4.81. The van der Waals surface area contributed by atoms with Crippen LogP contribution in [-0.4, -0.2) is 14.8 Å². The molecule has 28 heavy (non-hydrogen) atoms. The molecule has 1 atom stereocenters. The third-order valence-electron chi connectivity index (χ3n) is 5.40. The summed E-state index contributed by atoms with van der Waals surface area (Å²) in [5.74, 6) is -1.19. The maximum atomic E-state index is 13.6. The number of benzene rings is 2. The molecule has 6 heteroatoms. The Hall–Kier alpha value is -2.99. The number of nitrogens with zero attached hydrogens (tertiary/aromatic N) is 2. The number of aromatic amines is 1. The van der Waals surface area contributed by atoms with Crippen LogP contribution >= 0.6 is 0 Å². The van der Waals surface area contributed by atoms with Gasteiger partial charge in [-0.05, 0) is 48.9 Å². The average molecular weight is 378 g/mol. The Morgan fingerprint density at radius 3 is 2.75 bits per heavy atom. The second-order valence-corrected chi connectivity index (χ2v) is 7.29. The van der Waals surface area contributed by atoms with Crippen LogP contribution in [0, 0.1) is 11.6 Å². The van der Waals surface area contributed by atoms with Gasteiger partial charge in [0, 0.05) is 41.1 Å². The van der Waals surface area contributed by atoms with Crippen LogP contribution in [0.3, 0.4) is 0 Å². The second-order valence-electron chi connectivity index (χ2n) is 7.29. The number of hydrogen-bond acceptors (Lipinski definition) is 2. The topological polar surface area (TPSA) is 45.6 Å². The van der Waals surface area contributed by atoms with Gasteiger partial charge in [-0.25, -0.2) is 13.5 Å². The highest BCUT2D eigenvalue weighted by Crippen LogP contribution is 2.31. The monoisotopic (exact) mass is 378 g/mol. The molecule has 0 spiro atoms. The first-order chi connectivity index (χ1) is 13.7. The van der Waals surface area contributed by atoms with Crippen LogP contribution in [0.15, 0.2) is 54.7 Å². The smallest absolute Gasteiger partial charge is 0.128 e. The van der Waals surface area contributed by atoms with Crippen LogP contribution in [0.1, 0.15) is 35.8 Å². The summed E-state index contributed by atoms with van der Waals surface area (Å²) in [6.45, 7) is 0.721. The van der Waals surface area contributed by atoms with Gasteiger partial charge < -0.3 is 10.3 Å². The van der Waals surface area contributed by atoms with Gasteiger partial charge in [0.2, 0.25) is 0 Å². The molecular weight excluding hydrogens is 358 g/mol. The zero-order valence-electron chi connectivity index (χ0n) is 15.3. The van der Waals surface area contributed by atoms with Gasteiger partial charge in [0.1, 0.15) is 11.6 Å². The minimum atomic E-state index is -0.594. The zero-order valence-corrected chi connectivity index (χ0v) is 15.3. The fourth-order valence-corrected chi connectivity index (χ4v) is 4.11. The summed E-state index contributed by atoms with van der Waals surface area (Å²) in [7, 11) is 0. The Morgan fingerprint density at radius 2 is 1.93 bits per heavy atom. The molecule has 0 amide bonds. The van der Waals surface area contributed by atoms with Gasteiger partial charge in [0.15, 0.2) is 0 Å². The lowest BCUT2D eigenvalue weighted by Crippen LogP contribution is -2.25. The number of halogens is 2. The molecule has 0 bridgehead atoms. The summed E-state index contributed by atoms with van der Waals surface area (Å²) in [4.78, 5) is 3.44. The fourth-order valence-electron chi connectivity index (χ4n) is 4.11. The summed E-state index contributed by atoms with van der Waals surface area (Å²) < 4.78 is 28.9. The third-order valence-corrected chi connectivity index (χ3v) is 5.40. The van der Waals surface area contributed by atoms with Crippen molar-refractivity contribution in [2.24, 2.45) is 0 Å². The quantitative estimate of drug-likeness (QED) is 0.536. The van der Waals surface area contributed by atoms with E-state index in [-0.39, 0.29) is 6.04 Å². The average Bonchev–Trinajstić information content (AvgIpc) is 3.29. The van der Waals surface area contributed by atoms with Gasteiger partial charge in [-0.1, -0.05) is 18.2 Å². The van der Waals surface area contributed by atoms with Gasteiger partial charge in [-0.15, -0.1) is 0 Å². The lowest BCUT2D eigenvalue weighted by atomic mass is 9.93. The van der Waals surface area contributed by atoms with Crippen molar-refractivity contribution in [2.75, 3.05) is 0 Å². The largest absolute Gasteiger partial charge is 0.357 e. The molecule has 0 saturated heterocycles. The molecule has 2 N–H and O–H groups in total. The number of nitrogens with one attached hydrogen (secondary N) is 2. The SMILES string of the molecule is Fc1cc(F)cc(-n2ncc3c2CCC[C@@H]3NCc2cc3ccccc3[nH]2)c1. The highest BCUT2D eigenvalue weighted by molar-refractivity contribution is 5.80. The molecule has 0 saturated carbocycles. The summed E-state index contributed by atoms with van der Waals surface area (Å²) >= 11 is 0. The minimum Gasteiger partial charge on any atom is -0.357 e. The highest BCUT2D eigenvalue weighted by atomic mass is 19.1. The van der Waals surface area contributed by atoms with Crippen molar-refractivity contribution in [3.63, 3.8) is 0 Å². The van der Waals surface area contributed by atoms with Crippen LogP contribution in [0.5, 0.6) is 0 Å². The molecule has 2 aromatic carbocycles. The van der Waals surface area contributed by atoms with Crippen LogP contribution in [-0.2, 0) is 13.0 Å². The van der Waals surface area contributed by atoms with E-state index in [0.29, 0.717) is 5.69 Å². The molecule has 0 fully saturated rings. The van der Waals surface area contributed by atoms with Crippen molar-refractivity contribution in [2.45, 2.75) is 31.8 Å². The van der Waals surface area contributed by atoms with Crippen LogP contribution in [0.4, 0.5) is 8.78 Å². The van der Waals surface area contributed by atoms with E-state index in [4.69, 9.17) is 0 Å². The Balaban J connectivity index is 1.39. The van der Waals surface area contributed by atoms with Crippen molar-refractivity contribution in [1.82, 2.24) is 20.1 Å². The molecule has 2 aromatic heterocycles. The molecule has 0 aliphatic heterocycles. The minimum absolute atomic E-state index is 0.169. The number of hydrogen-bond donors (Lipinski definition) is 2. The van der Waals surface area contributed by atoms with Gasteiger partial charge in [-0.3, -0.25) is 0 Å². The van der Waals surface area contributed by atoms with Crippen LogP contribution < -0.4 is 5.32 Å². The summed E-state index contributed by atoms with van der Waals surface area (Å²) in [5, 5.41) is 9.23. The van der Waals surface area contributed by atoms with Crippen molar-refractivity contribution in [3.8, 4) is 5.69 Å². The molecule has 4 nitrogen and oxygen atoms in total. The maximum Gasteiger partial charge on any atom is 0.128 e. The van der Waals surface area contributed by atoms with Crippen molar-refractivity contribution in [3.05, 3.63) is 83.3 Å². The Morgan fingerprint density at radius 1 is 1.11 bits per heavy atom. The molecule has 2 heterocycles. The molecule has 142 valence electrons. The van der Waals surface area contributed by atoms with E-state index in [1.807, 2.05) is 18.3 Å². The van der Waals surface area contributed by atoms with E-state index in [0.717, 1.165) is 54.3 Å². The van der Waals surface area contributed by atoms with Gasteiger partial charge in [-0.2, -0.15) is 5.10 Å². The number of para-hydroxylation sites is 1. The zero-order chi connectivity index (χ0) is 19.1. The first-order valence-corrected chi connectivity index (χ1v) is 9.51. The molecule has 1 aliphatic carbocycles. The number of aromatic nitrogens is 3. The van der Waals surface area contributed by atoms with Crippen LogP contribution in [0.2, 0.25) is 0 Å². The lowest BCUT2D eigenvalue weighted by Gasteiger charge is -2.24. The standard InChI is InChI=1S/C22H20F2N4/c23-15-9-16(24)11-18(10-15)28-22-7-3-6-21(19(22)13-26-28)25-12-17-8-14-4-1-2-5-20(14)27-17/h1-2,4-5,8-11,13,21,25,27H,3,6-7,12H2/t21-/m0/s1. The fraction of sp³-hybridized carbons (Fsp3) is 0.227. The number of rotatable bonds is 4. The predicted octanol–water partition coefficient (Wildman–Crippen LogP) is 4.80. The van der Waals surface area contributed by atoms with E-state index in [9.17, 15) is 8.78 Å². The Labute approximate surface area is 161 Å². The van der Waals surface area contributed by atoms with E-state index in [2.05, 4.69) is 33.6 Å². The Kier molecular flexibility index (Phi) is 4.20. The highest BCUT2D eigenvalue weighted by Gasteiger charge is 2.25. The van der Waals surface area contributed by atoms with Gasteiger partial charge in [0.25, 0.3) is 0 Å². The van der Waals surface area contributed by atoms with E-state index in [1.165, 1.54) is 17.5 Å². The number of H-pyrrole nitrogens is 1. The molecule has 1 aliphatic rings. The molecule has 0 radical (unpaired) electrons. The summed E-state index contributed by atoms with van der Waals surface area (Å²) in [6.07, 6.45) is 4.68. The van der Waals surface area contributed by atoms with Gasteiger partial charge in [0.05, 0.1) is 11.9 Å².